The van der Waals surface area contributed by atoms with E-state index in [-0.39, 0.29) is 6.61 Å². The van der Waals surface area contributed by atoms with Gasteiger partial charge in [-0.2, -0.15) is 0 Å². The topological polar surface area (TPSA) is 36.4 Å². The number of pyridine rings is 1. The summed E-state index contributed by atoms with van der Waals surface area (Å²) in [5, 5.41) is 10.2. The van der Waals surface area contributed by atoms with Gasteiger partial charge in [-0.1, -0.05) is 18.2 Å². The van der Waals surface area contributed by atoms with E-state index in [0.717, 1.165) is 24.3 Å². The lowest BCUT2D eigenvalue weighted by Gasteiger charge is -2.38. The first kappa shape index (κ1) is 12.4. The Bertz CT molecular complexity index is 551. The Hall–Kier alpha value is -1.61. The maximum Gasteiger partial charge on any atom is 0.129 e. The van der Waals surface area contributed by atoms with Crippen molar-refractivity contribution < 1.29 is 5.11 Å². The van der Waals surface area contributed by atoms with Crippen LogP contribution in [0.4, 0.5) is 5.82 Å². The van der Waals surface area contributed by atoms with Crippen LogP contribution in [0, 0.1) is 0 Å². The number of hydrogen-bond acceptors (Lipinski definition) is 3. The number of anilines is 1. The lowest BCUT2D eigenvalue weighted by molar-refractivity contribution is 0.282. The van der Waals surface area contributed by atoms with Crippen molar-refractivity contribution in [2.24, 2.45) is 0 Å². The van der Waals surface area contributed by atoms with E-state index in [9.17, 15) is 0 Å². The molecule has 100 valence electrons. The summed E-state index contributed by atoms with van der Waals surface area (Å²) < 4.78 is 0. The summed E-state index contributed by atoms with van der Waals surface area (Å²) in [7, 11) is 0. The lowest BCUT2D eigenvalue weighted by atomic mass is 9.91. The van der Waals surface area contributed by atoms with Gasteiger partial charge in [0, 0.05) is 24.6 Å². The van der Waals surface area contributed by atoms with Crippen LogP contribution in [0.5, 0.6) is 0 Å². The van der Waals surface area contributed by atoms with E-state index in [2.05, 4.69) is 29.2 Å². The molecule has 0 radical (unpaired) electrons. The lowest BCUT2D eigenvalue weighted by Crippen LogP contribution is -2.41. The third-order valence-electron chi connectivity index (χ3n) is 3.95. The summed E-state index contributed by atoms with van der Waals surface area (Å²) in [5.41, 5.74) is 1.05. The highest BCUT2D eigenvalue weighted by Crippen LogP contribution is 2.29. The van der Waals surface area contributed by atoms with Crippen LogP contribution < -0.4 is 4.90 Å². The van der Waals surface area contributed by atoms with E-state index < -0.39 is 0 Å². The molecule has 0 saturated heterocycles. The van der Waals surface area contributed by atoms with Gasteiger partial charge >= 0.3 is 0 Å². The van der Waals surface area contributed by atoms with Crippen molar-refractivity contribution in [1.29, 1.82) is 0 Å². The van der Waals surface area contributed by atoms with Crippen LogP contribution in [0.2, 0.25) is 0 Å². The minimum Gasteiger partial charge on any atom is -0.396 e. The summed E-state index contributed by atoms with van der Waals surface area (Å²) in [6.45, 7) is 1.14. The Morgan fingerprint density at radius 1 is 1.16 bits per heavy atom. The van der Waals surface area contributed by atoms with Crippen LogP contribution >= 0.6 is 0 Å². The van der Waals surface area contributed by atoms with Gasteiger partial charge in [0.1, 0.15) is 5.82 Å². The molecule has 3 nitrogen and oxygen atoms in total. The van der Waals surface area contributed by atoms with Crippen molar-refractivity contribution in [3.05, 3.63) is 36.4 Å². The molecule has 0 unspecified atom stereocenters. The maximum absolute atomic E-state index is 9.06. The maximum atomic E-state index is 9.06. The molecular weight excluding hydrogens is 236 g/mol. The van der Waals surface area contributed by atoms with Crippen molar-refractivity contribution in [2.75, 3.05) is 18.1 Å². The number of rotatable bonds is 5. The van der Waals surface area contributed by atoms with Gasteiger partial charge in [-0.15, -0.1) is 0 Å². The minimum atomic E-state index is 0.247. The number of aliphatic hydroxyl groups excluding tert-OH is 1. The number of aliphatic hydroxyl groups is 1. The summed E-state index contributed by atoms with van der Waals surface area (Å²) in [4.78, 5) is 7.14. The highest BCUT2D eigenvalue weighted by Gasteiger charge is 2.25. The van der Waals surface area contributed by atoms with Gasteiger partial charge in [0.05, 0.1) is 5.52 Å². The molecule has 1 heterocycles. The fourth-order valence-corrected chi connectivity index (χ4v) is 2.64. The zero-order valence-corrected chi connectivity index (χ0v) is 11.1. The van der Waals surface area contributed by atoms with Gasteiger partial charge in [0.15, 0.2) is 0 Å². The average Bonchev–Trinajstić information content (AvgIpc) is 2.40. The molecule has 2 aromatic rings. The second kappa shape index (κ2) is 5.57. The van der Waals surface area contributed by atoms with Gasteiger partial charge in [-0.3, -0.25) is 0 Å². The van der Waals surface area contributed by atoms with Gasteiger partial charge in [-0.25, -0.2) is 4.98 Å². The minimum absolute atomic E-state index is 0.247. The predicted octanol–water partition coefficient (Wildman–Crippen LogP) is 2.98. The summed E-state index contributed by atoms with van der Waals surface area (Å²) >= 11 is 0. The van der Waals surface area contributed by atoms with Crippen LogP contribution in [0.3, 0.4) is 0 Å². The quantitative estimate of drug-likeness (QED) is 0.893. The molecule has 1 aliphatic rings. The molecule has 1 N–H and O–H groups in total. The molecule has 19 heavy (non-hydrogen) atoms. The zero-order chi connectivity index (χ0) is 13.1. The first-order chi connectivity index (χ1) is 9.38. The van der Waals surface area contributed by atoms with E-state index in [1.807, 2.05) is 12.1 Å². The number of fused-ring (bicyclic) bond motifs is 1. The van der Waals surface area contributed by atoms with Gasteiger partial charge in [0.2, 0.25) is 0 Å². The van der Waals surface area contributed by atoms with Crippen LogP contribution in [-0.4, -0.2) is 29.3 Å². The highest BCUT2D eigenvalue weighted by molar-refractivity contribution is 5.80. The highest BCUT2D eigenvalue weighted by atomic mass is 16.3. The molecule has 1 aromatic carbocycles. The largest absolute Gasteiger partial charge is 0.396 e. The van der Waals surface area contributed by atoms with E-state index >= 15 is 0 Å². The first-order valence-electron chi connectivity index (χ1n) is 7.12. The van der Waals surface area contributed by atoms with Gasteiger partial charge in [0.25, 0.3) is 0 Å². The second-order valence-electron chi connectivity index (χ2n) is 5.22. The van der Waals surface area contributed by atoms with Crippen LogP contribution in [0.15, 0.2) is 36.4 Å². The number of benzene rings is 1. The van der Waals surface area contributed by atoms with Crippen LogP contribution in [0.1, 0.15) is 25.7 Å². The van der Waals surface area contributed by atoms with E-state index in [4.69, 9.17) is 10.1 Å². The normalized spacial score (nSPS) is 15.4. The van der Waals surface area contributed by atoms with Crippen molar-refractivity contribution in [2.45, 2.75) is 31.7 Å². The van der Waals surface area contributed by atoms with Crippen molar-refractivity contribution in [3.63, 3.8) is 0 Å². The van der Waals surface area contributed by atoms with Crippen LogP contribution in [-0.2, 0) is 0 Å². The summed E-state index contributed by atoms with van der Waals surface area (Å²) in [6, 6.07) is 13.1. The molecule has 0 amide bonds. The molecular formula is C16H20N2O. The molecule has 1 aliphatic carbocycles. The predicted molar refractivity (Wildman–Crippen MR) is 78.4 cm³/mol. The van der Waals surface area contributed by atoms with Crippen molar-refractivity contribution in [3.8, 4) is 0 Å². The van der Waals surface area contributed by atoms with E-state index in [1.54, 1.807) is 0 Å². The molecule has 1 fully saturated rings. The Balaban J connectivity index is 1.89. The second-order valence-corrected chi connectivity index (χ2v) is 5.22. The molecule has 3 rings (SSSR count). The third-order valence-corrected chi connectivity index (χ3v) is 3.95. The average molecular weight is 256 g/mol. The zero-order valence-electron chi connectivity index (χ0n) is 11.1. The number of nitrogens with zero attached hydrogens (tertiary/aromatic N) is 2. The standard InChI is InChI=1S/C16H20N2O/c19-12-4-11-18(14-6-3-7-14)16-10-9-13-5-1-2-8-15(13)17-16/h1-2,5,8-10,14,19H,3-4,6-7,11-12H2. The molecule has 1 aromatic heterocycles. The van der Waals surface area contributed by atoms with E-state index in [1.165, 1.54) is 24.6 Å². The number of aromatic nitrogens is 1. The first-order valence-corrected chi connectivity index (χ1v) is 7.12. The molecule has 1 saturated carbocycles. The summed E-state index contributed by atoms with van der Waals surface area (Å²) in [6.07, 6.45) is 4.62. The smallest absolute Gasteiger partial charge is 0.129 e. The van der Waals surface area contributed by atoms with Crippen molar-refractivity contribution >= 4 is 16.7 Å². The Morgan fingerprint density at radius 3 is 2.74 bits per heavy atom. The monoisotopic (exact) mass is 256 g/mol. The summed E-state index contributed by atoms with van der Waals surface area (Å²) in [5.74, 6) is 1.05. The fraction of sp³-hybridized carbons (Fsp3) is 0.438. The SMILES string of the molecule is OCCCN(c1ccc2ccccc2n1)C1CCC1. The Morgan fingerprint density at radius 2 is 2.00 bits per heavy atom. The Kier molecular flexibility index (Phi) is 3.65. The molecule has 0 bridgehead atoms. The molecule has 3 heteroatoms. The molecule has 0 aliphatic heterocycles. The Labute approximate surface area is 113 Å². The number of para-hydroxylation sites is 1. The van der Waals surface area contributed by atoms with Gasteiger partial charge < -0.3 is 10.0 Å². The van der Waals surface area contributed by atoms with Gasteiger partial charge in [-0.05, 0) is 43.9 Å². The van der Waals surface area contributed by atoms with E-state index in [0.29, 0.717) is 6.04 Å². The van der Waals surface area contributed by atoms with Crippen LogP contribution in [0.25, 0.3) is 10.9 Å². The molecule has 0 spiro atoms. The third kappa shape index (κ3) is 2.56. The molecule has 0 atom stereocenters. The number of hydrogen-bond donors (Lipinski definition) is 1. The fourth-order valence-electron chi connectivity index (χ4n) is 2.64. The van der Waals surface area contributed by atoms with Crippen molar-refractivity contribution in [1.82, 2.24) is 4.98 Å².